The van der Waals surface area contributed by atoms with Gasteiger partial charge < -0.3 is 14.4 Å². The van der Waals surface area contributed by atoms with Crippen molar-refractivity contribution in [3.8, 4) is 0 Å². The molecule has 0 spiro atoms. The zero-order valence-corrected chi connectivity index (χ0v) is 21.8. The number of rotatable bonds is 6. The number of carbonyl (C=O) groups is 1. The summed E-state index contributed by atoms with van der Waals surface area (Å²) in [4.78, 5) is 21.2. The Balaban J connectivity index is 1.31. The summed E-state index contributed by atoms with van der Waals surface area (Å²) >= 11 is 0. The van der Waals surface area contributed by atoms with Gasteiger partial charge in [0.1, 0.15) is 23.3 Å². The van der Waals surface area contributed by atoms with Gasteiger partial charge in [-0.25, -0.2) is 13.8 Å². The van der Waals surface area contributed by atoms with Crippen LogP contribution in [0.15, 0.2) is 48.8 Å². The molecule has 2 aliphatic rings. The molecular formula is C29H36F2N4O2. The van der Waals surface area contributed by atoms with E-state index in [-0.39, 0.29) is 23.5 Å². The summed E-state index contributed by atoms with van der Waals surface area (Å²) in [7, 11) is 0. The zero-order chi connectivity index (χ0) is 26.3. The van der Waals surface area contributed by atoms with Gasteiger partial charge in [0.25, 0.3) is 0 Å². The van der Waals surface area contributed by atoms with E-state index in [9.17, 15) is 18.7 Å². The SMILES string of the molecule is CC(C)(C)C(C(=O)O)N1CC(c2cccc(F)c2)[C@@H](CN2CCC(c3cnc4ccc(F)cn34)CC2)C1. The van der Waals surface area contributed by atoms with Crippen LogP contribution >= 0.6 is 0 Å². The Hall–Kier alpha value is -2.84. The van der Waals surface area contributed by atoms with Crippen molar-refractivity contribution in [3.63, 3.8) is 0 Å². The van der Waals surface area contributed by atoms with Crippen LogP contribution in [0.2, 0.25) is 0 Å². The van der Waals surface area contributed by atoms with Crippen molar-refractivity contribution in [2.75, 3.05) is 32.7 Å². The molecule has 0 radical (unpaired) electrons. The highest BCUT2D eigenvalue weighted by atomic mass is 19.1. The van der Waals surface area contributed by atoms with Crippen molar-refractivity contribution < 1.29 is 18.7 Å². The Bertz CT molecular complexity index is 1260. The molecule has 1 N–H and O–H groups in total. The number of pyridine rings is 1. The number of carboxylic acid groups (broad SMARTS) is 1. The third-order valence-corrected chi connectivity index (χ3v) is 8.16. The number of nitrogens with zero attached hydrogens (tertiary/aromatic N) is 4. The third-order valence-electron chi connectivity index (χ3n) is 8.16. The molecule has 0 amide bonds. The van der Waals surface area contributed by atoms with Crippen molar-refractivity contribution in [2.24, 2.45) is 11.3 Å². The largest absolute Gasteiger partial charge is 0.480 e. The maximum atomic E-state index is 14.1. The lowest BCUT2D eigenvalue weighted by atomic mass is 9.85. The van der Waals surface area contributed by atoms with Crippen molar-refractivity contribution in [3.05, 3.63) is 71.7 Å². The van der Waals surface area contributed by atoms with Crippen molar-refractivity contribution >= 4 is 11.6 Å². The van der Waals surface area contributed by atoms with Gasteiger partial charge in [0.05, 0.1) is 0 Å². The summed E-state index contributed by atoms with van der Waals surface area (Å²) in [5.74, 6) is -0.758. The number of hydrogen-bond acceptors (Lipinski definition) is 4. The first-order valence-corrected chi connectivity index (χ1v) is 13.2. The molecule has 5 rings (SSSR count). The molecule has 37 heavy (non-hydrogen) atoms. The molecule has 0 saturated carbocycles. The second-order valence-corrected chi connectivity index (χ2v) is 11.8. The van der Waals surface area contributed by atoms with E-state index in [1.54, 1.807) is 18.2 Å². The van der Waals surface area contributed by atoms with E-state index in [2.05, 4.69) is 14.8 Å². The first-order valence-electron chi connectivity index (χ1n) is 13.2. The second kappa shape index (κ2) is 10.1. The Morgan fingerprint density at radius 3 is 2.54 bits per heavy atom. The number of piperidine rings is 1. The molecule has 2 unspecified atom stereocenters. The van der Waals surface area contributed by atoms with E-state index in [1.165, 1.54) is 18.3 Å². The Kier molecular flexibility index (Phi) is 7.07. The second-order valence-electron chi connectivity index (χ2n) is 11.8. The number of likely N-dealkylation sites (tertiary alicyclic amines) is 2. The molecule has 3 atom stereocenters. The minimum Gasteiger partial charge on any atom is -0.480 e. The standard InChI is InChI=1S/C29H36F2N4O2/c1-29(2,3)27(28(36)37)34-16-21(24(18-34)20-5-4-6-22(30)13-20)15-33-11-9-19(10-12-33)25-14-32-26-8-7-23(31)17-35(25)26/h4-8,13-14,17,19,21,24,27H,9-12,15-16,18H2,1-3H3,(H,36,37)/t21-,24?,27?/m0/s1. The Labute approximate surface area is 216 Å². The van der Waals surface area contributed by atoms with Crippen LogP contribution in [-0.2, 0) is 4.79 Å². The number of hydrogen-bond donors (Lipinski definition) is 1. The van der Waals surface area contributed by atoms with E-state index < -0.39 is 17.4 Å². The number of imidazole rings is 1. The number of aromatic nitrogens is 2. The van der Waals surface area contributed by atoms with Gasteiger partial charge in [-0.3, -0.25) is 9.69 Å². The van der Waals surface area contributed by atoms with E-state index in [4.69, 9.17) is 0 Å². The highest BCUT2D eigenvalue weighted by molar-refractivity contribution is 5.74. The molecule has 2 saturated heterocycles. The number of halogens is 2. The summed E-state index contributed by atoms with van der Waals surface area (Å²) < 4.78 is 29.9. The number of carboxylic acids is 1. The fourth-order valence-corrected chi connectivity index (χ4v) is 6.51. The average Bonchev–Trinajstić information content (AvgIpc) is 3.42. The summed E-state index contributed by atoms with van der Waals surface area (Å²) in [5, 5.41) is 10.0. The first kappa shape index (κ1) is 25.8. The van der Waals surface area contributed by atoms with Crippen LogP contribution in [0.25, 0.3) is 5.65 Å². The molecule has 2 fully saturated rings. The molecule has 2 aromatic heterocycles. The zero-order valence-electron chi connectivity index (χ0n) is 21.8. The van der Waals surface area contributed by atoms with Crippen LogP contribution in [0.3, 0.4) is 0 Å². The molecule has 0 bridgehead atoms. The summed E-state index contributed by atoms with van der Waals surface area (Å²) in [6, 6.07) is 9.30. The molecule has 198 valence electrons. The van der Waals surface area contributed by atoms with Gasteiger partial charge in [-0.2, -0.15) is 0 Å². The predicted molar refractivity (Wildman–Crippen MR) is 139 cm³/mol. The molecule has 4 heterocycles. The van der Waals surface area contributed by atoms with Gasteiger partial charge in [-0.1, -0.05) is 32.9 Å². The molecule has 3 aromatic rings. The van der Waals surface area contributed by atoms with E-state index in [0.717, 1.165) is 49.4 Å². The summed E-state index contributed by atoms with van der Waals surface area (Å²) in [5.41, 5.74) is 2.33. The van der Waals surface area contributed by atoms with Crippen molar-refractivity contribution in [1.82, 2.24) is 19.2 Å². The Morgan fingerprint density at radius 1 is 1.11 bits per heavy atom. The van der Waals surface area contributed by atoms with Crippen LogP contribution in [0.4, 0.5) is 8.78 Å². The lowest BCUT2D eigenvalue weighted by Crippen LogP contribution is -2.48. The van der Waals surface area contributed by atoms with Crippen molar-refractivity contribution in [1.29, 1.82) is 0 Å². The fourth-order valence-electron chi connectivity index (χ4n) is 6.51. The topological polar surface area (TPSA) is 61.1 Å². The highest BCUT2D eigenvalue weighted by Gasteiger charge is 2.44. The normalized spacial score (nSPS) is 23.1. The highest BCUT2D eigenvalue weighted by Crippen LogP contribution is 2.39. The molecule has 2 aliphatic heterocycles. The molecular weight excluding hydrogens is 474 g/mol. The van der Waals surface area contributed by atoms with Crippen LogP contribution in [0.1, 0.15) is 56.7 Å². The quantitative estimate of drug-likeness (QED) is 0.505. The fraction of sp³-hybridized carbons (Fsp3) is 0.517. The number of fused-ring (bicyclic) bond motifs is 1. The minimum atomic E-state index is -0.809. The average molecular weight is 511 g/mol. The third kappa shape index (κ3) is 5.41. The molecule has 0 aliphatic carbocycles. The summed E-state index contributed by atoms with van der Waals surface area (Å²) in [6.07, 6.45) is 5.27. The minimum absolute atomic E-state index is 0.0689. The monoisotopic (exact) mass is 510 g/mol. The van der Waals surface area contributed by atoms with Crippen LogP contribution in [0.5, 0.6) is 0 Å². The van der Waals surface area contributed by atoms with Gasteiger partial charge in [-0.15, -0.1) is 0 Å². The lowest BCUT2D eigenvalue weighted by Gasteiger charge is -2.36. The van der Waals surface area contributed by atoms with Crippen LogP contribution in [0, 0.1) is 23.0 Å². The van der Waals surface area contributed by atoms with Gasteiger partial charge in [0.15, 0.2) is 0 Å². The Morgan fingerprint density at radius 2 is 1.86 bits per heavy atom. The first-order chi connectivity index (χ1) is 17.6. The molecule has 6 nitrogen and oxygen atoms in total. The van der Waals surface area contributed by atoms with E-state index >= 15 is 0 Å². The summed E-state index contributed by atoms with van der Waals surface area (Å²) in [6.45, 7) is 9.81. The predicted octanol–water partition coefficient (Wildman–Crippen LogP) is 5.01. The van der Waals surface area contributed by atoms with Gasteiger partial charge in [0, 0.05) is 49.6 Å². The van der Waals surface area contributed by atoms with Crippen LogP contribution in [-0.4, -0.2) is 69.0 Å². The van der Waals surface area contributed by atoms with E-state index in [1.807, 2.05) is 37.4 Å². The van der Waals surface area contributed by atoms with Gasteiger partial charge in [0.2, 0.25) is 0 Å². The lowest BCUT2D eigenvalue weighted by molar-refractivity contribution is -0.147. The van der Waals surface area contributed by atoms with Gasteiger partial charge >= 0.3 is 5.97 Å². The maximum absolute atomic E-state index is 14.1. The number of benzene rings is 1. The molecule has 1 aromatic carbocycles. The maximum Gasteiger partial charge on any atom is 0.321 e. The van der Waals surface area contributed by atoms with Crippen molar-refractivity contribution in [2.45, 2.75) is 51.5 Å². The smallest absolute Gasteiger partial charge is 0.321 e. The van der Waals surface area contributed by atoms with E-state index in [0.29, 0.717) is 19.0 Å². The molecule has 8 heteroatoms. The number of aliphatic carboxylic acids is 1. The van der Waals surface area contributed by atoms with Crippen LogP contribution < -0.4 is 0 Å². The van der Waals surface area contributed by atoms with Gasteiger partial charge in [-0.05, 0) is 67.1 Å².